The molecule has 1 fully saturated rings. The normalized spacial score (nSPS) is 18.7. The minimum atomic E-state index is -0.415. The van der Waals surface area contributed by atoms with Crippen LogP contribution in [-0.4, -0.2) is 11.7 Å². The zero-order chi connectivity index (χ0) is 14.6. The first kappa shape index (κ1) is 15.9. The predicted octanol–water partition coefficient (Wildman–Crippen LogP) is 3.09. The Labute approximate surface area is 116 Å². The highest BCUT2D eigenvalue weighted by atomic mass is 16.1. The fourth-order valence-electron chi connectivity index (χ4n) is 2.56. The molecule has 1 amide bonds. The molecule has 0 aromatic rings. The topological polar surface area (TPSA) is 60.2 Å². The summed E-state index contributed by atoms with van der Waals surface area (Å²) in [5, 5.41) is 0. The van der Waals surface area contributed by atoms with Crippen LogP contribution in [0.15, 0.2) is 12.7 Å². The van der Waals surface area contributed by atoms with Gasteiger partial charge in [0.1, 0.15) is 5.78 Å². The first-order chi connectivity index (χ1) is 8.77. The van der Waals surface area contributed by atoms with Crippen LogP contribution in [0, 0.1) is 23.2 Å². The monoisotopic (exact) mass is 265 g/mol. The van der Waals surface area contributed by atoms with Crippen LogP contribution in [0.2, 0.25) is 0 Å². The highest BCUT2D eigenvalue weighted by molar-refractivity contribution is 5.91. The SMILES string of the molecule is C=CCC[C@H](C(N)=O)[C@@H](CC1CC1)C(=O)C(C)(C)C. The number of carbonyl (C=O) groups is 2. The van der Waals surface area contributed by atoms with Crippen molar-refractivity contribution >= 4 is 11.7 Å². The molecule has 3 heteroatoms. The van der Waals surface area contributed by atoms with Crippen molar-refractivity contribution in [3.8, 4) is 0 Å². The van der Waals surface area contributed by atoms with E-state index >= 15 is 0 Å². The third kappa shape index (κ3) is 4.81. The number of nitrogens with two attached hydrogens (primary N) is 1. The van der Waals surface area contributed by atoms with Crippen molar-refractivity contribution in [2.75, 3.05) is 0 Å². The maximum atomic E-state index is 12.6. The fraction of sp³-hybridized carbons (Fsp3) is 0.750. The van der Waals surface area contributed by atoms with E-state index in [0.29, 0.717) is 12.3 Å². The summed E-state index contributed by atoms with van der Waals surface area (Å²) >= 11 is 0. The van der Waals surface area contributed by atoms with Crippen molar-refractivity contribution in [1.29, 1.82) is 0 Å². The van der Waals surface area contributed by atoms with Gasteiger partial charge in [0.2, 0.25) is 5.91 Å². The van der Waals surface area contributed by atoms with Gasteiger partial charge in [0.05, 0.1) is 0 Å². The van der Waals surface area contributed by atoms with Crippen LogP contribution in [0.1, 0.15) is 52.9 Å². The maximum Gasteiger partial charge on any atom is 0.221 e. The summed E-state index contributed by atoms with van der Waals surface area (Å²) in [5.74, 6) is -0.116. The number of hydrogen-bond donors (Lipinski definition) is 1. The maximum absolute atomic E-state index is 12.6. The Balaban J connectivity index is 2.87. The second-order valence-electron chi connectivity index (χ2n) is 6.77. The lowest BCUT2D eigenvalue weighted by Gasteiger charge is -2.29. The van der Waals surface area contributed by atoms with Crippen LogP contribution in [0.5, 0.6) is 0 Å². The first-order valence-corrected chi connectivity index (χ1v) is 7.22. The summed E-state index contributed by atoms with van der Waals surface area (Å²) in [6.07, 6.45) is 6.33. The molecule has 19 heavy (non-hydrogen) atoms. The molecule has 1 saturated carbocycles. The van der Waals surface area contributed by atoms with E-state index < -0.39 is 5.41 Å². The molecule has 108 valence electrons. The molecule has 0 bridgehead atoms. The minimum Gasteiger partial charge on any atom is -0.369 e. The molecule has 2 atom stereocenters. The van der Waals surface area contributed by atoms with Gasteiger partial charge in [-0.05, 0) is 25.2 Å². The van der Waals surface area contributed by atoms with Gasteiger partial charge in [-0.1, -0.05) is 39.7 Å². The van der Waals surface area contributed by atoms with Crippen LogP contribution in [-0.2, 0) is 9.59 Å². The van der Waals surface area contributed by atoms with Crippen LogP contribution >= 0.6 is 0 Å². The largest absolute Gasteiger partial charge is 0.369 e. The van der Waals surface area contributed by atoms with E-state index in [-0.39, 0.29) is 23.5 Å². The zero-order valence-electron chi connectivity index (χ0n) is 12.4. The molecule has 0 aromatic carbocycles. The average molecular weight is 265 g/mol. The summed E-state index contributed by atoms with van der Waals surface area (Å²) in [7, 11) is 0. The van der Waals surface area contributed by atoms with E-state index in [1.807, 2.05) is 20.8 Å². The number of carbonyl (C=O) groups excluding carboxylic acids is 2. The summed E-state index contributed by atoms with van der Waals surface area (Å²) < 4.78 is 0. The van der Waals surface area contributed by atoms with Crippen molar-refractivity contribution in [1.82, 2.24) is 0 Å². The van der Waals surface area contributed by atoms with Crippen molar-refractivity contribution in [3.05, 3.63) is 12.7 Å². The molecular formula is C16H27NO2. The highest BCUT2D eigenvalue weighted by Gasteiger charge is 2.40. The van der Waals surface area contributed by atoms with Crippen LogP contribution in [0.3, 0.4) is 0 Å². The van der Waals surface area contributed by atoms with Crippen molar-refractivity contribution in [3.63, 3.8) is 0 Å². The lowest BCUT2D eigenvalue weighted by atomic mass is 9.73. The van der Waals surface area contributed by atoms with E-state index in [9.17, 15) is 9.59 Å². The molecular weight excluding hydrogens is 238 g/mol. The zero-order valence-corrected chi connectivity index (χ0v) is 12.4. The Morgan fingerprint density at radius 1 is 1.32 bits per heavy atom. The van der Waals surface area contributed by atoms with Crippen LogP contribution < -0.4 is 5.73 Å². The molecule has 2 N–H and O–H groups in total. The average Bonchev–Trinajstić information content (AvgIpc) is 3.09. The lowest BCUT2D eigenvalue weighted by Crippen LogP contribution is -2.39. The third-order valence-electron chi connectivity index (χ3n) is 3.89. The smallest absolute Gasteiger partial charge is 0.221 e. The van der Waals surface area contributed by atoms with Gasteiger partial charge in [0.15, 0.2) is 0 Å². The number of hydrogen-bond acceptors (Lipinski definition) is 2. The minimum absolute atomic E-state index is 0.173. The Morgan fingerprint density at radius 2 is 1.89 bits per heavy atom. The van der Waals surface area contributed by atoms with Crippen LogP contribution in [0.25, 0.3) is 0 Å². The van der Waals surface area contributed by atoms with Gasteiger partial charge in [-0.2, -0.15) is 0 Å². The van der Waals surface area contributed by atoms with Gasteiger partial charge >= 0.3 is 0 Å². The van der Waals surface area contributed by atoms with Gasteiger partial charge < -0.3 is 5.73 Å². The quantitative estimate of drug-likeness (QED) is 0.686. The number of Topliss-reactive ketones (excluding diaryl/α,β-unsaturated/α-hetero) is 1. The Kier molecular flexibility index (Phi) is 5.33. The Bertz CT molecular complexity index is 350. The molecule has 0 spiro atoms. The second-order valence-corrected chi connectivity index (χ2v) is 6.77. The van der Waals surface area contributed by atoms with E-state index in [1.54, 1.807) is 6.08 Å². The molecule has 0 unspecified atom stereocenters. The second kappa shape index (κ2) is 6.36. The van der Waals surface area contributed by atoms with E-state index in [2.05, 4.69) is 6.58 Å². The number of ketones is 1. The molecule has 1 aliphatic carbocycles. The number of allylic oxidation sites excluding steroid dienone is 1. The highest BCUT2D eigenvalue weighted by Crippen LogP contribution is 2.40. The van der Waals surface area contributed by atoms with E-state index in [1.165, 1.54) is 12.8 Å². The molecule has 1 rings (SSSR count). The van der Waals surface area contributed by atoms with Crippen molar-refractivity contribution < 1.29 is 9.59 Å². The van der Waals surface area contributed by atoms with E-state index in [0.717, 1.165) is 12.8 Å². The summed E-state index contributed by atoms with van der Waals surface area (Å²) in [6, 6.07) is 0. The molecule has 0 aliphatic heterocycles. The summed E-state index contributed by atoms with van der Waals surface area (Å²) in [5.41, 5.74) is 5.11. The van der Waals surface area contributed by atoms with Gasteiger partial charge in [-0.25, -0.2) is 0 Å². The summed E-state index contributed by atoms with van der Waals surface area (Å²) in [4.78, 5) is 24.3. The Hall–Kier alpha value is -1.12. The third-order valence-corrected chi connectivity index (χ3v) is 3.89. The fourth-order valence-corrected chi connectivity index (χ4v) is 2.56. The predicted molar refractivity (Wildman–Crippen MR) is 77.4 cm³/mol. The standard InChI is InChI=1S/C16H27NO2/c1-5-6-7-12(15(17)19)13(10-11-8-9-11)14(18)16(2,3)4/h5,11-13H,1,6-10H2,2-4H3,(H2,17,19)/t12-,13+/m0/s1. The first-order valence-electron chi connectivity index (χ1n) is 7.22. The van der Waals surface area contributed by atoms with E-state index in [4.69, 9.17) is 5.73 Å². The molecule has 0 aromatic heterocycles. The number of primary amides is 1. The number of rotatable bonds is 8. The van der Waals surface area contributed by atoms with Gasteiger partial charge in [0, 0.05) is 17.3 Å². The Morgan fingerprint density at radius 3 is 2.26 bits per heavy atom. The molecule has 3 nitrogen and oxygen atoms in total. The van der Waals surface area contributed by atoms with Gasteiger partial charge in [0.25, 0.3) is 0 Å². The molecule has 1 aliphatic rings. The van der Waals surface area contributed by atoms with Gasteiger partial charge in [-0.3, -0.25) is 9.59 Å². The lowest BCUT2D eigenvalue weighted by molar-refractivity contribution is -0.137. The number of amides is 1. The van der Waals surface area contributed by atoms with Crippen molar-refractivity contribution in [2.24, 2.45) is 28.9 Å². The summed E-state index contributed by atoms with van der Waals surface area (Å²) in [6.45, 7) is 9.43. The molecule has 0 saturated heterocycles. The molecule has 0 radical (unpaired) electrons. The van der Waals surface area contributed by atoms with Gasteiger partial charge in [-0.15, -0.1) is 6.58 Å². The van der Waals surface area contributed by atoms with Crippen molar-refractivity contribution in [2.45, 2.75) is 52.9 Å². The molecule has 0 heterocycles. The van der Waals surface area contributed by atoms with Crippen LogP contribution in [0.4, 0.5) is 0 Å².